The summed E-state index contributed by atoms with van der Waals surface area (Å²) in [5.74, 6) is -0.405. The van der Waals surface area contributed by atoms with Crippen molar-refractivity contribution in [2.24, 2.45) is 0 Å². The number of carbonyl (C=O) groups is 2. The third kappa shape index (κ3) is 3.88. The van der Waals surface area contributed by atoms with Crippen molar-refractivity contribution in [3.8, 4) is 0 Å². The summed E-state index contributed by atoms with van der Waals surface area (Å²) in [6, 6.07) is 18.3. The second kappa shape index (κ2) is 6.96. The van der Waals surface area contributed by atoms with Crippen molar-refractivity contribution in [1.82, 2.24) is 10.2 Å². The number of benzene rings is 2. The van der Waals surface area contributed by atoms with Crippen molar-refractivity contribution in [3.05, 3.63) is 71.8 Å². The van der Waals surface area contributed by atoms with E-state index < -0.39 is 12.0 Å². The first-order valence-electron chi connectivity index (χ1n) is 7.52. The zero-order chi connectivity index (χ0) is 16.1. The van der Waals surface area contributed by atoms with E-state index in [4.69, 9.17) is 4.74 Å². The molecule has 0 bridgehead atoms. The lowest BCUT2D eigenvalue weighted by molar-refractivity contribution is -0.146. The van der Waals surface area contributed by atoms with Crippen molar-refractivity contribution in [2.45, 2.75) is 19.2 Å². The Balaban J connectivity index is 1.53. The lowest BCUT2D eigenvalue weighted by atomic mass is 10.2. The van der Waals surface area contributed by atoms with E-state index in [9.17, 15) is 9.59 Å². The van der Waals surface area contributed by atoms with Crippen molar-refractivity contribution in [1.29, 1.82) is 0 Å². The second-order valence-corrected chi connectivity index (χ2v) is 5.46. The van der Waals surface area contributed by atoms with Crippen LogP contribution < -0.4 is 5.32 Å². The maximum absolute atomic E-state index is 12.1. The Morgan fingerprint density at radius 1 is 1.04 bits per heavy atom. The van der Waals surface area contributed by atoms with Gasteiger partial charge < -0.3 is 15.0 Å². The van der Waals surface area contributed by atoms with Crippen molar-refractivity contribution in [3.63, 3.8) is 0 Å². The molecule has 1 heterocycles. The molecule has 0 saturated carbocycles. The SMILES string of the molecule is O=C(OCc1ccccc1)[C@@H]1CN(Cc2ccccc2)C(=O)N1. The Morgan fingerprint density at radius 2 is 1.65 bits per heavy atom. The first kappa shape index (κ1) is 15.1. The summed E-state index contributed by atoms with van der Waals surface area (Å²) in [5, 5.41) is 2.67. The largest absolute Gasteiger partial charge is 0.459 e. The zero-order valence-corrected chi connectivity index (χ0v) is 12.6. The van der Waals surface area contributed by atoms with Gasteiger partial charge in [0.2, 0.25) is 0 Å². The highest BCUT2D eigenvalue weighted by Gasteiger charge is 2.34. The fourth-order valence-electron chi connectivity index (χ4n) is 2.49. The molecule has 1 fully saturated rings. The van der Waals surface area contributed by atoms with E-state index >= 15 is 0 Å². The minimum atomic E-state index is -0.616. The van der Waals surface area contributed by atoms with Gasteiger partial charge in [0.15, 0.2) is 0 Å². The van der Waals surface area contributed by atoms with Gasteiger partial charge in [-0.3, -0.25) is 0 Å². The lowest BCUT2D eigenvalue weighted by Crippen LogP contribution is -2.35. The standard InChI is InChI=1S/C18H18N2O3/c21-17(23-13-15-9-5-2-6-10-15)16-12-20(18(22)19-16)11-14-7-3-1-4-8-14/h1-10,16H,11-13H2,(H,19,22)/t16-/m0/s1. The highest BCUT2D eigenvalue weighted by molar-refractivity contribution is 5.87. The molecule has 3 rings (SSSR count). The van der Waals surface area contributed by atoms with Gasteiger partial charge in [-0.05, 0) is 11.1 Å². The lowest BCUT2D eigenvalue weighted by Gasteiger charge is -2.14. The Bertz CT molecular complexity index is 673. The van der Waals surface area contributed by atoms with Gasteiger partial charge in [-0.1, -0.05) is 60.7 Å². The monoisotopic (exact) mass is 310 g/mol. The molecule has 1 aliphatic rings. The summed E-state index contributed by atoms with van der Waals surface area (Å²) in [6.45, 7) is 1.02. The average Bonchev–Trinajstić information content (AvgIpc) is 2.95. The zero-order valence-electron chi connectivity index (χ0n) is 12.6. The Labute approximate surface area is 134 Å². The second-order valence-electron chi connectivity index (χ2n) is 5.46. The van der Waals surface area contributed by atoms with Crippen LogP contribution in [0, 0.1) is 0 Å². The molecule has 118 valence electrons. The van der Waals surface area contributed by atoms with Crippen LogP contribution in [0.3, 0.4) is 0 Å². The molecule has 1 aliphatic heterocycles. The molecule has 5 heteroatoms. The number of nitrogens with one attached hydrogen (secondary N) is 1. The van der Waals surface area contributed by atoms with E-state index in [-0.39, 0.29) is 12.6 Å². The van der Waals surface area contributed by atoms with E-state index in [0.29, 0.717) is 13.1 Å². The Kier molecular flexibility index (Phi) is 4.57. The van der Waals surface area contributed by atoms with Gasteiger partial charge in [-0.15, -0.1) is 0 Å². The number of amides is 2. The third-order valence-electron chi connectivity index (χ3n) is 3.71. The third-order valence-corrected chi connectivity index (χ3v) is 3.71. The number of hydrogen-bond acceptors (Lipinski definition) is 3. The van der Waals surface area contributed by atoms with Gasteiger partial charge in [-0.25, -0.2) is 9.59 Å². The van der Waals surface area contributed by atoms with Crippen LogP contribution in [0.2, 0.25) is 0 Å². The van der Waals surface area contributed by atoms with Gasteiger partial charge >= 0.3 is 12.0 Å². The summed E-state index contributed by atoms with van der Waals surface area (Å²) in [4.78, 5) is 25.7. The average molecular weight is 310 g/mol. The maximum Gasteiger partial charge on any atom is 0.330 e. The van der Waals surface area contributed by atoms with Crippen LogP contribution in [0.15, 0.2) is 60.7 Å². The van der Waals surface area contributed by atoms with E-state index in [0.717, 1.165) is 11.1 Å². The fourth-order valence-corrected chi connectivity index (χ4v) is 2.49. The van der Waals surface area contributed by atoms with Crippen LogP contribution >= 0.6 is 0 Å². The number of esters is 1. The van der Waals surface area contributed by atoms with Gasteiger partial charge in [0.1, 0.15) is 12.6 Å². The smallest absolute Gasteiger partial charge is 0.330 e. The Hall–Kier alpha value is -2.82. The molecule has 2 aromatic carbocycles. The first-order valence-corrected chi connectivity index (χ1v) is 7.52. The van der Waals surface area contributed by atoms with Gasteiger partial charge in [0, 0.05) is 6.54 Å². The van der Waals surface area contributed by atoms with Gasteiger partial charge in [0.05, 0.1) is 6.54 Å². The topological polar surface area (TPSA) is 58.6 Å². The van der Waals surface area contributed by atoms with E-state index in [1.807, 2.05) is 60.7 Å². The van der Waals surface area contributed by atoms with Crippen molar-refractivity contribution >= 4 is 12.0 Å². The molecule has 0 unspecified atom stereocenters. The first-order chi connectivity index (χ1) is 11.2. The van der Waals surface area contributed by atoms with Crippen LogP contribution in [0.1, 0.15) is 11.1 Å². The Morgan fingerprint density at radius 3 is 2.30 bits per heavy atom. The molecule has 1 saturated heterocycles. The summed E-state index contributed by atoms with van der Waals surface area (Å²) in [6.07, 6.45) is 0. The van der Waals surface area contributed by atoms with E-state index in [2.05, 4.69) is 5.32 Å². The molecule has 0 aromatic heterocycles. The molecule has 2 amide bonds. The molecule has 0 aliphatic carbocycles. The number of hydrogen-bond donors (Lipinski definition) is 1. The van der Waals surface area contributed by atoms with E-state index in [1.54, 1.807) is 4.90 Å². The number of carbonyl (C=O) groups excluding carboxylic acids is 2. The fraction of sp³-hybridized carbons (Fsp3) is 0.222. The van der Waals surface area contributed by atoms with Crippen molar-refractivity contribution in [2.75, 3.05) is 6.54 Å². The van der Waals surface area contributed by atoms with Crippen molar-refractivity contribution < 1.29 is 14.3 Å². The quantitative estimate of drug-likeness (QED) is 0.862. The number of rotatable bonds is 5. The van der Waals surface area contributed by atoms with Crippen LogP contribution in [0.4, 0.5) is 4.79 Å². The molecular weight excluding hydrogens is 292 g/mol. The number of ether oxygens (including phenoxy) is 1. The van der Waals surface area contributed by atoms with Crippen LogP contribution in [-0.4, -0.2) is 29.5 Å². The highest BCUT2D eigenvalue weighted by atomic mass is 16.5. The molecule has 1 N–H and O–H groups in total. The minimum absolute atomic E-state index is 0.213. The predicted octanol–water partition coefficient (Wildman–Crippen LogP) is 2.32. The van der Waals surface area contributed by atoms with Crippen LogP contribution in [-0.2, 0) is 22.7 Å². The number of nitrogens with zero attached hydrogens (tertiary/aromatic N) is 1. The highest BCUT2D eigenvalue weighted by Crippen LogP contribution is 2.12. The summed E-state index contributed by atoms with van der Waals surface area (Å²) in [5.41, 5.74) is 1.95. The summed E-state index contributed by atoms with van der Waals surface area (Å²) >= 11 is 0. The van der Waals surface area contributed by atoms with Gasteiger partial charge in [0.25, 0.3) is 0 Å². The molecule has 0 radical (unpaired) electrons. The molecule has 5 nitrogen and oxygen atoms in total. The maximum atomic E-state index is 12.1. The minimum Gasteiger partial charge on any atom is -0.459 e. The molecule has 23 heavy (non-hydrogen) atoms. The predicted molar refractivity (Wildman–Crippen MR) is 85.4 cm³/mol. The molecule has 2 aromatic rings. The number of urea groups is 1. The van der Waals surface area contributed by atoms with Gasteiger partial charge in [-0.2, -0.15) is 0 Å². The summed E-state index contributed by atoms with van der Waals surface area (Å²) in [7, 11) is 0. The molecule has 1 atom stereocenters. The summed E-state index contributed by atoms with van der Waals surface area (Å²) < 4.78 is 5.28. The normalized spacial score (nSPS) is 17.0. The van der Waals surface area contributed by atoms with E-state index in [1.165, 1.54) is 0 Å². The molecule has 0 spiro atoms. The van der Waals surface area contributed by atoms with Crippen LogP contribution in [0.25, 0.3) is 0 Å². The molecular formula is C18H18N2O3. The van der Waals surface area contributed by atoms with Crippen LogP contribution in [0.5, 0.6) is 0 Å².